The van der Waals surface area contributed by atoms with Crippen LogP contribution in [0.25, 0.3) is 0 Å². The SMILES string of the molecule is CCNC(=NCC1CCN(S(C)(=O)=O)CC1)N1CCN(CC(=O)N2CCCC2)CC1.I. The van der Waals surface area contributed by atoms with Crippen LogP contribution in [0.2, 0.25) is 0 Å². The molecule has 3 heterocycles. The number of nitrogens with zero attached hydrogens (tertiary/aromatic N) is 5. The quantitative estimate of drug-likeness (QED) is 0.284. The van der Waals surface area contributed by atoms with Gasteiger partial charge in [0, 0.05) is 65.4 Å². The van der Waals surface area contributed by atoms with Gasteiger partial charge in [0.1, 0.15) is 0 Å². The molecule has 0 radical (unpaired) electrons. The van der Waals surface area contributed by atoms with Gasteiger partial charge in [-0.1, -0.05) is 0 Å². The van der Waals surface area contributed by atoms with E-state index in [1.807, 2.05) is 4.90 Å². The van der Waals surface area contributed by atoms with Gasteiger partial charge >= 0.3 is 0 Å². The summed E-state index contributed by atoms with van der Waals surface area (Å²) in [5, 5.41) is 3.40. The monoisotopic (exact) mass is 570 g/mol. The lowest BCUT2D eigenvalue weighted by molar-refractivity contribution is -0.131. The Hall–Kier alpha value is -0.660. The van der Waals surface area contributed by atoms with Crippen LogP contribution in [0.4, 0.5) is 0 Å². The number of carbonyl (C=O) groups excluding carboxylic acids is 1. The molecule has 11 heteroatoms. The normalized spacial score (nSPS) is 22.5. The van der Waals surface area contributed by atoms with Crippen LogP contribution in [0.5, 0.6) is 0 Å². The Kier molecular flexibility index (Phi) is 10.8. The van der Waals surface area contributed by atoms with Gasteiger partial charge in [0.05, 0.1) is 12.8 Å². The number of piperidine rings is 1. The number of rotatable bonds is 6. The molecule has 3 rings (SSSR count). The van der Waals surface area contributed by atoms with Crippen molar-refractivity contribution in [3.8, 4) is 0 Å². The van der Waals surface area contributed by atoms with E-state index in [9.17, 15) is 13.2 Å². The number of amides is 1. The summed E-state index contributed by atoms with van der Waals surface area (Å²) in [6.45, 7) is 10.7. The predicted octanol–water partition coefficient (Wildman–Crippen LogP) is 0.482. The summed E-state index contributed by atoms with van der Waals surface area (Å²) < 4.78 is 24.9. The fourth-order valence-corrected chi connectivity index (χ4v) is 5.31. The molecule has 1 N–H and O–H groups in total. The minimum absolute atomic E-state index is 0. The summed E-state index contributed by atoms with van der Waals surface area (Å²) in [5.74, 6) is 1.63. The number of aliphatic imine (C=N–C) groups is 1. The second kappa shape index (κ2) is 12.5. The number of halogens is 1. The predicted molar refractivity (Wildman–Crippen MR) is 134 cm³/mol. The van der Waals surface area contributed by atoms with Crippen molar-refractivity contribution in [3.05, 3.63) is 0 Å². The fourth-order valence-electron chi connectivity index (χ4n) is 4.44. The van der Waals surface area contributed by atoms with Crippen molar-refractivity contribution in [2.75, 3.05) is 78.2 Å². The topological polar surface area (TPSA) is 88.6 Å². The highest BCUT2D eigenvalue weighted by Crippen LogP contribution is 2.19. The second-order valence-corrected chi connectivity index (χ2v) is 10.6. The van der Waals surface area contributed by atoms with E-state index in [0.29, 0.717) is 25.6 Å². The Morgan fingerprint density at radius 2 is 1.58 bits per heavy atom. The Morgan fingerprint density at radius 1 is 0.968 bits per heavy atom. The molecule has 3 fully saturated rings. The zero-order chi connectivity index (χ0) is 21.6. The molecule has 0 bridgehead atoms. The van der Waals surface area contributed by atoms with Crippen molar-refractivity contribution in [1.82, 2.24) is 24.3 Å². The first kappa shape index (κ1) is 26.6. The van der Waals surface area contributed by atoms with Gasteiger partial charge in [-0.15, -0.1) is 24.0 Å². The maximum atomic E-state index is 12.4. The first-order valence-corrected chi connectivity index (χ1v) is 13.2. The number of hydrogen-bond donors (Lipinski definition) is 1. The average Bonchev–Trinajstić information content (AvgIpc) is 3.26. The molecular formula is C20H39IN6O3S. The Bertz CT molecular complexity index is 698. The van der Waals surface area contributed by atoms with E-state index in [4.69, 9.17) is 4.99 Å². The van der Waals surface area contributed by atoms with Crippen LogP contribution < -0.4 is 5.32 Å². The molecule has 9 nitrogen and oxygen atoms in total. The van der Waals surface area contributed by atoms with Crippen molar-refractivity contribution in [2.24, 2.45) is 10.9 Å². The molecule has 0 aromatic rings. The van der Waals surface area contributed by atoms with Gasteiger partial charge in [-0.05, 0) is 38.5 Å². The van der Waals surface area contributed by atoms with Gasteiger partial charge in [-0.25, -0.2) is 12.7 Å². The van der Waals surface area contributed by atoms with Gasteiger partial charge in [0.25, 0.3) is 0 Å². The van der Waals surface area contributed by atoms with Gasteiger partial charge < -0.3 is 15.1 Å². The Balaban J connectivity index is 0.00000341. The van der Waals surface area contributed by atoms with Crippen LogP contribution in [-0.2, 0) is 14.8 Å². The van der Waals surface area contributed by atoms with Crippen molar-refractivity contribution in [3.63, 3.8) is 0 Å². The van der Waals surface area contributed by atoms with E-state index >= 15 is 0 Å². The summed E-state index contributed by atoms with van der Waals surface area (Å²) in [4.78, 5) is 23.8. The van der Waals surface area contributed by atoms with E-state index < -0.39 is 10.0 Å². The van der Waals surface area contributed by atoms with E-state index in [2.05, 4.69) is 22.0 Å². The lowest BCUT2D eigenvalue weighted by Crippen LogP contribution is -2.54. The molecule has 0 unspecified atom stereocenters. The highest BCUT2D eigenvalue weighted by molar-refractivity contribution is 14.0. The van der Waals surface area contributed by atoms with Crippen LogP contribution in [-0.4, -0.2) is 118 Å². The van der Waals surface area contributed by atoms with E-state index in [1.165, 1.54) is 6.26 Å². The fraction of sp³-hybridized carbons (Fsp3) is 0.900. The highest BCUT2D eigenvalue weighted by atomic mass is 127. The molecule has 0 aromatic heterocycles. The third-order valence-electron chi connectivity index (χ3n) is 6.37. The third-order valence-corrected chi connectivity index (χ3v) is 7.67. The van der Waals surface area contributed by atoms with Gasteiger partial charge in [0.15, 0.2) is 5.96 Å². The van der Waals surface area contributed by atoms with E-state index in [0.717, 1.165) is 84.0 Å². The number of piperazine rings is 1. The third kappa shape index (κ3) is 8.01. The van der Waals surface area contributed by atoms with Gasteiger partial charge in [-0.3, -0.25) is 14.7 Å². The van der Waals surface area contributed by atoms with E-state index in [-0.39, 0.29) is 29.9 Å². The van der Waals surface area contributed by atoms with Crippen molar-refractivity contribution in [2.45, 2.75) is 32.6 Å². The molecule has 0 aliphatic carbocycles. The summed E-state index contributed by atoms with van der Waals surface area (Å²) in [5.41, 5.74) is 0. The first-order valence-electron chi connectivity index (χ1n) is 11.4. The molecule has 3 aliphatic heterocycles. The number of carbonyl (C=O) groups is 1. The smallest absolute Gasteiger partial charge is 0.236 e. The summed E-state index contributed by atoms with van der Waals surface area (Å²) >= 11 is 0. The summed E-state index contributed by atoms with van der Waals surface area (Å²) in [6, 6.07) is 0. The zero-order valence-corrected chi connectivity index (χ0v) is 22.1. The molecule has 0 atom stereocenters. The number of likely N-dealkylation sites (tertiary alicyclic amines) is 1. The first-order chi connectivity index (χ1) is 14.4. The summed E-state index contributed by atoms with van der Waals surface area (Å²) in [6.07, 6.45) is 5.28. The zero-order valence-electron chi connectivity index (χ0n) is 19.0. The second-order valence-electron chi connectivity index (χ2n) is 8.65. The largest absolute Gasteiger partial charge is 0.357 e. The Labute approximate surface area is 204 Å². The molecule has 31 heavy (non-hydrogen) atoms. The lowest BCUT2D eigenvalue weighted by atomic mass is 9.98. The highest BCUT2D eigenvalue weighted by Gasteiger charge is 2.26. The number of nitrogens with one attached hydrogen (secondary N) is 1. The maximum absolute atomic E-state index is 12.4. The molecule has 0 spiro atoms. The van der Waals surface area contributed by atoms with Crippen LogP contribution in [0.1, 0.15) is 32.6 Å². The number of sulfonamides is 1. The molecule has 1 amide bonds. The standard InChI is InChI=1S/C20H38N6O3S.HI/c1-3-21-20(22-16-18-6-10-26(11-7-18)30(2,28)29)25-14-12-23(13-15-25)17-19(27)24-8-4-5-9-24;/h18H,3-17H2,1-2H3,(H,21,22);1H. The van der Waals surface area contributed by atoms with E-state index in [1.54, 1.807) is 4.31 Å². The van der Waals surface area contributed by atoms with Gasteiger partial charge in [0.2, 0.25) is 15.9 Å². The minimum Gasteiger partial charge on any atom is -0.357 e. The molecule has 3 aliphatic rings. The molecule has 0 aromatic carbocycles. The number of guanidine groups is 1. The van der Waals surface area contributed by atoms with Crippen LogP contribution in [0, 0.1) is 5.92 Å². The minimum atomic E-state index is -3.08. The van der Waals surface area contributed by atoms with Gasteiger partial charge in [-0.2, -0.15) is 0 Å². The van der Waals surface area contributed by atoms with Crippen LogP contribution in [0.15, 0.2) is 4.99 Å². The molecular weight excluding hydrogens is 531 g/mol. The van der Waals surface area contributed by atoms with Crippen molar-refractivity contribution in [1.29, 1.82) is 0 Å². The molecule has 0 saturated carbocycles. The Morgan fingerprint density at radius 3 is 2.13 bits per heavy atom. The summed E-state index contributed by atoms with van der Waals surface area (Å²) in [7, 11) is -3.08. The van der Waals surface area contributed by atoms with Crippen LogP contribution in [0.3, 0.4) is 0 Å². The van der Waals surface area contributed by atoms with Crippen LogP contribution >= 0.6 is 24.0 Å². The molecule has 3 saturated heterocycles. The number of hydrogen-bond acceptors (Lipinski definition) is 5. The van der Waals surface area contributed by atoms with Crippen molar-refractivity contribution >= 4 is 45.9 Å². The molecule has 180 valence electrons. The van der Waals surface area contributed by atoms with Crippen molar-refractivity contribution < 1.29 is 13.2 Å². The average molecular weight is 571 g/mol. The maximum Gasteiger partial charge on any atom is 0.236 e. The lowest BCUT2D eigenvalue weighted by Gasteiger charge is -2.37.